The molecule has 5 nitrogen and oxygen atoms in total. The third-order valence-electron chi connectivity index (χ3n) is 2.01. The van der Waals surface area contributed by atoms with Crippen LogP contribution in [0.1, 0.15) is 24.2 Å². The maximum atomic E-state index is 12.3. The van der Waals surface area contributed by atoms with Crippen molar-refractivity contribution in [2.24, 2.45) is 0 Å². The van der Waals surface area contributed by atoms with Gasteiger partial charge in [-0.05, 0) is 26.0 Å². The molecule has 0 aliphatic carbocycles. The van der Waals surface area contributed by atoms with E-state index in [1.165, 1.54) is 13.8 Å². The molecule has 0 heterocycles. The van der Waals surface area contributed by atoms with Crippen LogP contribution in [0.15, 0.2) is 23.1 Å². The Bertz CT molecular complexity index is 640. The molecule has 0 amide bonds. The fraction of sp³-hybridized carbons (Fsp3) is 0.364. The molecule has 118 valence electrons. The molecule has 0 saturated heterocycles. The van der Waals surface area contributed by atoms with Gasteiger partial charge in [0.15, 0.2) is 0 Å². The summed E-state index contributed by atoms with van der Waals surface area (Å²) < 4.78 is 68.1. The molecule has 0 aliphatic rings. The highest BCUT2D eigenvalue weighted by Crippen LogP contribution is 2.34. The lowest BCUT2D eigenvalue weighted by Gasteiger charge is -2.15. The number of benzene rings is 1. The molecule has 0 unspecified atom stereocenters. The van der Waals surface area contributed by atoms with Crippen molar-refractivity contribution in [3.05, 3.63) is 23.8 Å². The number of carbonyl (C=O) groups excluding carboxylic acids is 1. The smallest absolute Gasteiger partial charge is 0.459 e. The first-order chi connectivity index (χ1) is 9.42. The number of rotatable bonds is 4. The fourth-order valence-electron chi connectivity index (χ4n) is 1.41. The van der Waals surface area contributed by atoms with Crippen LogP contribution in [0.5, 0.6) is 5.75 Å². The molecule has 0 saturated carbocycles. The predicted octanol–water partition coefficient (Wildman–Crippen LogP) is 3.08. The van der Waals surface area contributed by atoms with E-state index in [4.69, 9.17) is 15.4 Å². The van der Waals surface area contributed by atoms with Crippen LogP contribution < -0.4 is 4.74 Å². The highest BCUT2D eigenvalue weighted by atomic mass is 35.7. The summed E-state index contributed by atoms with van der Waals surface area (Å²) in [6.07, 6.45) is -5.74. The summed E-state index contributed by atoms with van der Waals surface area (Å²) in [4.78, 5) is 10.7. The first-order valence-corrected chi connectivity index (χ1v) is 7.77. The minimum Gasteiger partial charge on any atom is -0.459 e. The van der Waals surface area contributed by atoms with Crippen molar-refractivity contribution in [3.8, 4) is 5.75 Å². The molecular formula is C11H10ClF3O5S. The zero-order valence-electron chi connectivity index (χ0n) is 10.8. The van der Waals surface area contributed by atoms with E-state index < -0.39 is 43.7 Å². The van der Waals surface area contributed by atoms with E-state index in [-0.39, 0.29) is 0 Å². The van der Waals surface area contributed by atoms with Gasteiger partial charge in [0.1, 0.15) is 10.6 Å². The summed E-state index contributed by atoms with van der Waals surface area (Å²) in [6.45, 7) is 2.98. The summed E-state index contributed by atoms with van der Waals surface area (Å²) in [5, 5.41) is 0. The van der Waals surface area contributed by atoms with E-state index >= 15 is 0 Å². The van der Waals surface area contributed by atoms with E-state index in [9.17, 15) is 26.4 Å². The molecule has 1 aromatic rings. The van der Waals surface area contributed by atoms with Crippen molar-refractivity contribution >= 4 is 25.7 Å². The van der Waals surface area contributed by atoms with Gasteiger partial charge in [-0.3, -0.25) is 0 Å². The first kappa shape index (κ1) is 17.6. The lowest BCUT2D eigenvalue weighted by atomic mass is 10.2. The molecule has 0 aromatic heterocycles. The number of ether oxygens (including phenoxy) is 2. The Morgan fingerprint density at radius 3 is 2.29 bits per heavy atom. The Morgan fingerprint density at radius 2 is 1.86 bits per heavy atom. The first-order valence-electron chi connectivity index (χ1n) is 5.46. The molecule has 0 bridgehead atoms. The SMILES string of the molecule is CC(C)OC(=O)c1cccc(OC(F)(F)F)c1S(=O)(=O)Cl. The predicted molar refractivity (Wildman–Crippen MR) is 66.7 cm³/mol. The van der Waals surface area contributed by atoms with Gasteiger partial charge < -0.3 is 9.47 Å². The van der Waals surface area contributed by atoms with Gasteiger partial charge >= 0.3 is 12.3 Å². The lowest BCUT2D eigenvalue weighted by molar-refractivity contribution is -0.275. The van der Waals surface area contributed by atoms with Crippen LogP contribution in [0.3, 0.4) is 0 Å². The number of hydrogen-bond donors (Lipinski definition) is 0. The minimum atomic E-state index is -5.14. The Balaban J connectivity index is 3.46. The van der Waals surface area contributed by atoms with Crippen LogP contribution in [-0.4, -0.2) is 26.9 Å². The Labute approximate surface area is 123 Å². The average molecular weight is 347 g/mol. The van der Waals surface area contributed by atoms with E-state index in [1.807, 2.05) is 0 Å². The Kier molecular flexibility index (Phi) is 5.11. The molecule has 1 rings (SSSR count). The molecular weight excluding hydrogens is 337 g/mol. The standard InChI is InChI=1S/C11H10ClF3O5S/c1-6(2)19-10(16)7-4-3-5-8(20-11(13,14)15)9(7)21(12,17)18/h3-6H,1-2H3. The monoisotopic (exact) mass is 346 g/mol. The van der Waals surface area contributed by atoms with Gasteiger partial charge in [0.25, 0.3) is 9.05 Å². The zero-order chi connectivity index (χ0) is 16.4. The molecule has 0 spiro atoms. The topological polar surface area (TPSA) is 69.7 Å². The van der Waals surface area contributed by atoms with Crippen LogP contribution in [-0.2, 0) is 13.8 Å². The highest BCUT2D eigenvalue weighted by Gasteiger charge is 2.36. The third kappa shape index (κ3) is 5.09. The molecule has 0 fully saturated rings. The van der Waals surface area contributed by atoms with Crippen molar-refractivity contribution in [2.75, 3.05) is 0 Å². The summed E-state index contributed by atoms with van der Waals surface area (Å²) in [6, 6.07) is 2.72. The summed E-state index contributed by atoms with van der Waals surface area (Å²) in [5.74, 6) is -2.23. The summed E-state index contributed by atoms with van der Waals surface area (Å²) >= 11 is 0. The second-order valence-corrected chi connectivity index (χ2v) is 6.58. The van der Waals surface area contributed by atoms with Gasteiger partial charge in [0.2, 0.25) is 0 Å². The Hall–Kier alpha value is -1.48. The van der Waals surface area contributed by atoms with Crippen molar-refractivity contribution in [2.45, 2.75) is 31.2 Å². The summed E-state index contributed by atoms with van der Waals surface area (Å²) in [5.41, 5.74) is -0.638. The van der Waals surface area contributed by atoms with Crippen LogP contribution >= 0.6 is 10.7 Å². The van der Waals surface area contributed by atoms with Crippen LogP contribution in [0.25, 0.3) is 0 Å². The van der Waals surface area contributed by atoms with Crippen molar-refractivity contribution in [3.63, 3.8) is 0 Å². The van der Waals surface area contributed by atoms with Gasteiger partial charge in [-0.15, -0.1) is 13.2 Å². The number of esters is 1. The summed E-state index contributed by atoms with van der Waals surface area (Å²) in [7, 11) is 0.424. The third-order valence-corrected chi connectivity index (χ3v) is 3.38. The Morgan fingerprint density at radius 1 is 1.29 bits per heavy atom. The molecule has 21 heavy (non-hydrogen) atoms. The molecule has 0 N–H and O–H groups in total. The van der Waals surface area contributed by atoms with Crippen LogP contribution in [0.2, 0.25) is 0 Å². The van der Waals surface area contributed by atoms with E-state index in [2.05, 4.69) is 4.74 Å². The van der Waals surface area contributed by atoms with Gasteiger partial charge in [-0.25, -0.2) is 13.2 Å². The fourth-order valence-corrected chi connectivity index (χ4v) is 2.65. The van der Waals surface area contributed by atoms with Gasteiger partial charge in [-0.2, -0.15) is 0 Å². The van der Waals surface area contributed by atoms with Gasteiger partial charge in [0, 0.05) is 10.7 Å². The largest absolute Gasteiger partial charge is 0.573 e. The second-order valence-electron chi connectivity index (χ2n) is 4.07. The van der Waals surface area contributed by atoms with Gasteiger partial charge in [-0.1, -0.05) is 6.07 Å². The number of alkyl halides is 3. The number of halogens is 4. The van der Waals surface area contributed by atoms with Crippen LogP contribution in [0, 0.1) is 0 Å². The van der Waals surface area contributed by atoms with Crippen LogP contribution in [0.4, 0.5) is 13.2 Å². The van der Waals surface area contributed by atoms with E-state index in [0.717, 1.165) is 18.2 Å². The van der Waals surface area contributed by atoms with E-state index in [0.29, 0.717) is 0 Å². The number of carbonyl (C=O) groups is 1. The molecule has 0 atom stereocenters. The quantitative estimate of drug-likeness (QED) is 0.619. The molecule has 1 aromatic carbocycles. The molecule has 10 heteroatoms. The van der Waals surface area contributed by atoms with E-state index in [1.54, 1.807) is 0 Å². The minimum absolute atomic E-state index is 0.601. The average Bonchev–Trinajstić information content (AvgIpc) is 2.23. The highest BCUT2D eigenvalue weighted by molar-refractivity contribution is 8.13. The second kappa shape index (κ2) is 6.10. The maximum Gasteiger partial charge on any atom is 0.573 e. The maximum absolute atomic E-state index is 12.3. The van der Waals surface area contributed by atoms with Gasteiger partial charge in [0.05, 0.1) is 11.7 Å². The molecule has 0 aliphatic heterocycles. The molecule has 0 radical (unpaired) electrons. The zero-order valence-corrected chi connectivity index (χ0v) is 12.3. The van der Waals surface area contributed by atoms with Crippen molar-refractivity contribution in [1.29, 1.82) is 0 Å². The lowest BCUT2D eigenvalue weighted by Crippen LogP contribution is -2.20. The van der Waals surface area contributed by atoms with Crippen molar-refractivity contribution in [1.82, 2.24) is 0 Å². The normalized spacial score (nSPS) is 12.3. The van der Waals surface area contributed by atoms with Crippen molar-refractivity contribution < 1.29 is 35.9 Å². The number of hydrogen-bond acceptors (Lipinski definition) is 5.